The maximum Gasteiger partial charge on any atom is 0.251 e. The first kappa shape index (κ1) is 13.3. The van der Waals surface area contributed by atoms with Gasteiger partial charge in [-0.15, -0.1) is 0 Å². The summed E-state index contributed by atoms with van der Waals surface area (Å²) >= 11 is 0. The van der Waals surface area contributed by atoms with Crippen LogP contribution in [0.5, 0.6) is 0 Å². The van der Waals surface area contributed by atoms with Crippen LogP contribution in [0, 0.1) is 5.92 Å². The maximum absolute atomic E-state index is 11.6. The zero-order valence-corrected chi connectivity index (χ0v) is 11.6. The molecule has 1 saturated heterocycles. The van der Waals surface area contributed by atoms with Gasteiger partial charge in [-0.3, -0.25) is 9.69 Å². The van der Waals surface area contributed by atoms with Crippen molar-refractivity contribution in [2.75, 3.05) is 13.1 Å². The van der Waals surface area contributed by atoms with E-state index < -0.39 is 0 Å². The van der Waals surface area contributed by atoms with Gasteiger partial charge in [-0.25, -0.2) is 4.98 Å². The summed E-state index contributed by atoms with van der Waals surface area (Å²) in [5, 5.41) is 0. The summed E-state index contributed by atoms with van der Waals surface area (Å²) in [6.07, 6.45) is 2.50. The Morgan fingerprint density at radius 1 is 1.44 bits per heavy atom. The van der Waals surface area contributed by atoms with Crippen LogP contribution in [0.4, 0.5) is 0 Å². The van der Waals surface area contributed by atoms with Crippen LogP contribution in [0.15, 0.2) is 10.9 Å². The van der Waals surface area contributed by atoms with E-state index in [1.165, 1.54) is 12.8 Å². The zero-order chi connectivity index (χ0) is 13.1. The third-order valence-electron chi connectivity index (χ3n) is 3.62. The molecule has 0 aliphatic carbocycles. The second-order valence-corrected chi connectivity index (χ2v) is 5.74. The van der Waals surface area contributed by atoms with Crippen molar-refractivity contribution < 1.29 is 0 Å². The van der Waals surface area contributed by atoms with Gasteiger partial charge in [-0.2, -0.15) is 0 Å². The summed E-state index contributed by atoms with van der Waals surface area (Å²) in [6.45, 7) is 9.44. The average Bonchev–Trinajstić information content (AvgIpc) is 2.31. The molecule has 1 aliphatic heterocycles. The van der Waals surface area contributed by atoms with Crippen molar-refractivity contribution in [3.63, 3.8) is 0 Å². The van der Waals surface area contributed by atoms with E-state index >= 15 is 0 Å². The molecule has 0 spiro atoms. The quantitative estimate of drug-likeness (QED) is 0.892. The lowest BCUT2D eigenvalue weighted by atomic mass is 9.99. The molecule has 1 aromatic rings. The maximum atomic E-state index is 11.6. The smallest absolute Gasteiger partial charge is 0.251 e. The molecule has 0 bridgehead atoms. The summed E-state index contributed by atoms with van der Waals surface area (Å²) in [5.41, 5.74) is 0.867. The van der Waals surface area contributed by atoms with Crippen LogP contribution in [-0.2, 0) is 6.54 Å². The van der Waals surface area contributed by atoms with Crippen molar-refractivity contribution in [2.45, 2.75) is 46.1 Å². The van der Waals surface area contributed by atoms with E-state index in [0.29, 0.717) is 0 Å². The van der Waals surface area contributed by atoms with Gasteiger partial charge in [0, 0.05) is 18.5 Å². The summed E-state index contributed by atoms with van der Waals surface area (Å²) in [7, 11) is 0. The van der Waals surface area contributed by atoms with Crippen LogP contribution >= 0.6 is 0 Å². The van der Waals surface area contributed by atoms with Crippen LogP contribution in [0.2, 0.25) is 0 Å². The Bertz CT molecular complexity index is 445. The number of rotatable bonds is 3. The van der Waals surface area contributed by atoms with Gasteiger partial charge >= 0.3 is 0 Å². The largest absolute Gasteiger partial charge is 0.310 e. The van der Waals surface area contributed by atoms with Crippen LogP contribution in [0.25, 0.3) is 0 Å². The van der Waals surface area contributed by atoms with Gasteiger partial charge < -0.3 is 4.98 Å². The van der Waals surface area contributed by atoms with E-state index in [0.717, 1.165) is 37.1 Å². The van der Waals surface area contributed by atoms with Crippen molar-refractivity contribution in [1.29, 1.82) is 0 Å². The third-order valence-corrected chi connectivity index (χ3v) is 3.62. The SMILES string of the molecule is CC1CCN(Cc2cc(=O)[nH]c(C(C)C)n2)CC1. The van der Waals surface area contributed by atoms with Gasteiger partial charge in [-0.1, -0.05) is 20.8 Å². The first-order valence-electron chi connectivity index (χ1n) is 6.87. The van der Waals surface area contributed by atoms with Gasteiger partial charge in [0.05, 0.1) is 5.69 Å². The van der Waals surface area contributed by atoms with Crippen molar-refractivity contribution >= 4 is 0 Å². The van der Waals surface area contributed by atoms with E-state index in [1.54, 1.807) is 6.07 Å². The molecule has 0 amide bonds. The second-order valence-electron chi connectivity index (χ2n) is 5.74. The number of nitrogens with zero attached hydrogens (tertiary/aromatic N) is 2. The normalized spacial score (nSPS) is 18.4. The fourth-order valence-corrected chi connectivity index (χ4v) is 2.33. The van der Waals surface area contributed by atoms with Crippen LogP contribution in [0.3, 0.4) is 0 Å². The number of aromatic nitrogens is 2. The highest BCUT2D eigenvalue weighted by molar-refractivity contribution is 5.05. The zero-order valence-electron chi connectivity index (χ0n) is 11.6. The summed E-state index contributed by atoms with van der Waals surface area (Å²) in [4.78, 5) is 21.3. The fourth-order valence-electron chi connectivity index (χ4n) is 2.33. The first-order valence-corrected chi connectivity index (χ1v) is 6.87. The van der Waals surface area contributed by atoms with Gasteiger partial charge in [0.25, 0.3) is 5.56 Å². The molecule has 1 aromatic heterocycles. The predicted octanol–water partition coefficient (Wildman–Crippen LogP) is 2.13. The third kappa shape index (κ3) is 3.42. The average molecular weight is 249 g/mol. The van der Waals surface area contributed by atoms with Crippen molar-refractivity contribution in [3.8, 4) is 0 Å². The van der Waals surface area contributed by atoms with Gasteiger partial charge in [0.2, 0.25) is 0 Å². The Kier molecular flexibility index (Phi) is 4.17. The second kappa shape index (κ2) is 5.65. The molecule has 1 aliphatic rings. The lowest BCUT2D eigenvalue weighted by molar-refractivity contribution is 0.183. The first-order chi connectivity index (χ1) is 8.54. The minimum absolute atomic E-state index is 0.0333. The lowest BCUT2D eigenvalue weighted by Gasteiger charge is -2.29. The highest BCUT2D eigenvalue weighted by Gasteiger charge is 2.16. The molecule has 1 fully saturated rings. The molecule has 4 nitrogen and oxygen atoms in total. The fraction of sp³-hybridized carbons (Fsp3) is 0.714. The molecule has 0 saturated carbocycles. The number of hydrogen-bond acceptors (Lipinski definition) is 3. The molecule has 18 heavy (non-hydrogen) atoms. The molecular formula is C14H23N3O. The molecule has 0 atom stereocenters. The Balaban J connectivity index is 2.07. The van der Waals surface area contributed by atoms with Crippen molar-refractivity contribution in [3.05, 3.63) is 27.9 Å². The Morgan fingerprint density at radius 3 is 2.72 bits per heavy atom. The number of piperidine rings is 1. The Hall–Kier alpha value is -1.16. The molecule has 100 valence electrons. The monoisotopic (exact) mass is 249 g/mol. The number of H-pyrrole nitrogens is 1. The minimum Gasteiger partial charge on any atom is -0.310 e. The van der Waals surface area contributed by atoms with Crippen molar-refractivity contribution in [2.24, 2.45) is 5.92 Å². The molecule has 0 radical (unpaired) electrons. The van der Waals surface area contributed by atoms with Crippen LogP contribution < -0.4 is 5.56 Å². The lowest BCUT2D eigenvalue weighted by Crippen LogP contribution is -2.33. The summed E-state index contributed by atoms with van der Waals surface area (Å²) in [5.74, 6) is 1.89. The van der Waals surface area contributed by atoms with E-state index in [4.69, 9.17) is 0 Å². The van der Waals surface area contributed by atoms with Gasteiger partial charge in [0.1, 0.15) is 5.82 Å². The molecule has 1 N–H and O–H groups in total. The highest BCUT2D eigenvalue weighted by Crippen LogP contribution is 2.17. The summed E-state index contributed by atoms with van der Waals surface area (Å²) in [6, 6.07) is 1.63. The number of aromatic amines is 1. The van der Waals surface area contributed by atoms with Gasteiger partial charge in [-0.05, 0) is 31.8 Å². The van der Waals surface area contributed by atoms with E-state index in [-0.39, 0.29) is 11.5 Å². The molecule has 2 rings (SSSR count). The number of nitrogens with one attached hydrogen (secondary N) is 1. The molecule has 4 heteroatoms. The van der Waals surface area contributed by atoms with Crippen LogP contribution in [-0.4, -0.2) is 28.0 Å². The van der Waals surface area contributed by atoms with Gasteiger partial charge in [0.15, 0.2) is 0 Å². The Labute approximate surface area is 108 Å². The minimum atomic E-state index is -0.0333. The molecule has 0 unspecified atom stereocenters. The molecular weight excluding hydrogens is 226 g/mol. The summed E-state index contributed by atoms with van der Waals surface area (Å²) < 4.78 is 0. The van der Waals surface area contributed by atoms with Crippen LogP contribution in [0.1, 0.15) is 51.0 Å². The molecule has 2 heterocycles. The number of hydrogen-bond donors (Lipinski definition) is 1. The standard InChI is InChI=1S/C14H23N3O/c1-10(2)14-15-12(8-13(18)16-14)9-17-6-4-11(3)5-7-17/h8,10-11H,4-7,9H2,1-3H3,(H,15,16,18). The van der Waals surface area contributed by atoms with E-state index in [9.17, 15) is 4.79 Å². The topological polar surface area (TPSA) is 49.0 Å². The van der Waals surface area contributed by atoms with E-state index in [2.05, 4.69) is 21.8 Å². The number of likely N-dealkylation sites (tertiary alicyclic amines) is 1. The highest BCUT2D eigenvalue weighted by atomic mass is 16.1. The Morgan fingerprint density at radius 2 is 2.11 bits per heavy atom. The predicted molar refractivity (Wildman–Crippen MR) is 72.6 cm³/mol. The van der Waals surface area contributed by atoms with E-state index in [1.807, 2.05) is 13.8 Å². The molecule has 0 aromatic carbocycles. The van der Waals surface area contributed by atoms with Crippen molar-refractivity contribution in [1.82, 2.24) is 14.9 Å².